The molecule has 1 fully saturated rings. The number of hydrogen-bond donors (Lipinski definition) is 1. The molecule has 0 aliphatic heterocycles. The van der Waals surface area contributed by atoms with Crippen LogP contribution in [0.1, 0.15) is 43.9 Å². The van der Waals surface area contributed by atoms with Crippen LogP contribution in [0.5, 0.6) is 0 Å². The Labute approximate surface area is 149 Å². The summed E-state index contributed by atoms with van der Waals surface area (Å²) >= 11 is 1.25. The maximum Gasteiger partial charge on any atom is 0.250 e. The lowest BCUT2D eigenvalue weighted by Crippen LogP contribution is -2.44. The molecule has 0 radical (unpaired) electrons. The number of thiophene rings is 1. The zero-order chi connectivity index (χ0) is 17.8. The fraction of sp³-hybridized carbons (Fsp3) is 0.733. The van der Waals surface area contributed by atoms with Crippen molar-refractivity contribution in [1.82, 2.24) is 9.03 Å². The molecule has 138 valence electrons. The van der Waals surface area contributed by atoms with Crippen molar-refractivity contribution >= 4 is 31.4 Å². The molecule has 1 saturated carbocycles. The van der Waals surface area contributed by atoms with Crippen LogP contribution in [0.3, 0.4) is 0 Å². The molecule has 0 bridgehead atoms. The molecule has 1 N–H and O–H groups in total. The number of hydrogen-bond acceptors (Lipinski definition) is 5. The lowest BCUT2D eigenvalue weighted by Gasteiger charge is -2.32. The Morgan fingerprint density at radius 1 is 1.17 bits per heavy atom. The van der Waals surface area contributed by atoms with E-state index in [1.54, 1.807) is 6.07 Å². The highest BCUT2D eigenvalue weighted by Gasteiger charge is 2.28. The minimum Gasteiger partial charge on any atom is -0.212 e. The molecule has 2 rings (SSSR count). The molecular weight excluding hydrogens is 368 g/mol. The summed E-state index contributed by atoms with van der Waals surface area (Å²) in [5.74, 6) is 0. The first-order valence-electron chi connectivity index (χ1n) is 8.29. The third-order valence-corrected chi connectivity index (χ3v) is 8.80. The Balaban J connectivity index is 1.99. The van der Waals surface area contributed by atoms with E-state index in [1.165, 1.54) is 21.9 Å². The fourth-order valence-electron chi connectivity index (χ4n) is 3.04. The second kappa shape index (κ2) is 8.27. The van der Waals surface area contributed by atoms with Crippen molar-refractivity contribution in [3.63, 3.8) is 0 Å². The summed E-state index contributed by atoms with van der Waals surface area (Å²) in [7, 11) is -6.92. The second-order valence-electron chi connectivity index (χ2n) is 6.14. The lowest BCUT2D eigenvalue weighted by molar-refractivity contribution is 0.257. The van der Waals surface area contributed by atoms with Gasteiger partial charge in [0.2, 0.25) is 20.0 Å². The predicted octanol–water partition coefficient (Wildman–Crippen LogP) is 2.18. The van der Waals surface area contributed by atoms with Crippen LogP contribution in [0, 0.1) is 0 Å². The maximum atomic E-state index is 12.3. The van der Waals surface area contributed by atoms with E-state index in [-0.39, 0.29) is 23.3 Å². The molecule has 1 aliphatic carbocycles. The van der Waals surface area contributed by atoms with Crippen LogP contribution in [0.2, 0.25) is 0 Å². The van der Waals surface area contributed by atoms with E-state index in [9.17, 15) is 16.8 Å². The molecule has 1 aromatic heterocycles. The Hall–Kier alpha value is -0.480. The zero-order valence-electron chi connectivity index (χ0n) is 14.2. The van der Waals surface area contributed by atoms with Crippen molar-refractivity contribution in [2.75, 3.05) is 19.3 Å². The summed E-state index contributed by atoms with van der Waals surface area (Å²) in [6.45, 7) is 2.24. The largest absolute Gasteiger partial charge is 0.250 e. The number of aryl methyl sites for hydroxylation is 1. The zero-order valence-corrected chi connectivity index (χ0v) is 16.6. The molecule has 0 unspecified atom stereocenters. The molecule has 24 heavy (non-hydrogen) atoms. The van der Waals surface area contributed by atoms with Gasteiger partial charge in [0.05, 0.1) is 6.26 Å². The fourth-order valence-corrected chi connectivity index (χ4v) is 6.58. The van der Waals surface area contributed by atoms with Crippen LogP contribution in [0.15, 0.2) is 16.3 Å². The molecule has 0 amide bonds. The van der Waals surface area contributed by atoms with Gasteiger partial charge in [-0.05, 0) is 31.4 Å². The van der Waals surface area contributed by atoms with Crippen LogP contribution < -0.4 is 4.72 Å². The van der Waals surface area contributed by atoms with Crippen molar-refractivity contribution in [2.24, 2.45) is 0 Å². The molecule has 0 spiro atoms. The van der Waals surface area contributed by atoms with E-state index >= 15 is 0 Å². The van der Waals surface area contributed by atoms with Gasteiger partial charge in [0.15, 0.2) is 0 Å². The van der Waals surface area contributed by atoms with E-state index in [1.807, 2.05) is 13.0 Å². The minimum absolute atomic E-state index is 0.00770. The first-order chi connectivity index (χ1) is 11.2. The van der Waals surface area contributed by atoms with Gasteiger partial charge in [-0.2, -0.15) is 4.31 Å². The average Bonchev–Trinajstić information content (AvgIpc) is 3.01. The molecule has 0 atom stereocenters. The highest BCUT2D eigenvalue weighted by atomic mass is 32.2. The quantitative estimate of drug-likeness (QED) is 0.732. The summed E-state index contributed by atoms with van der Waals surface area (Å²) in [6, 6.07) is 3.40. The van der Waals surface area contributed by atoms with Gasteiger partial charge in [0.25, 0.3) is 0 Å². The van der Waals surface area contributed by atoms with E-state index in [0.29, 0.717) is 0 Å². The van der Waals surface area contributed by atoms with Gasteiger partial charge >= 0.3 is 0 Å². The minimum atomic E-state index is -3.57. The molecule has 9 heteroatoms. The van der Waals surface area contributed by atoms with Crippen molar-refractivity contribution in [3.05, 3.63) is 17.0 Å². The van der Waals surface area contributed by atoms with Crippen LogP contribution in [-0.4, -0.2) is 46.5 Å². The first kappa shape index (κ1) is 19.8. The Morgan fingerprint density at radius 3 is 2.38 bits per heavy atom. The maximum absolute atomic E-state index is 12.3. The normalized spacial score (nSPS) is 17.5. The summed E-state index contributed by atoms with van der Waals surface area (Å²) in [6.07, 6.45) is 6.88. The van der Waals surface area contributed by atoms with Crippen LogP contribution in [-0.2, 0) is 26.5 Å². The third-order valence-electron chi connectivity index (χ3n) is 4.28. The topological polar surface area (TPSA) is 83.6 Å². The monoisotopic (exact) mass is 394 g/mol. The summed E-state index contributed by atoms with van der Waals surface area (Å²) in [5.41, 5.74) is 0. The highest BCUT2D eigenvalue weighted by molar-refractivity contribution is 7.91. The highest BCUT2D eigenvalue weighted by Crippen LogP contribution is 2.24. The van der Waals surface area contributed by atoms with Crippen LogP contribution in [0.4, 0.5) is 0 Å². The SMILES string of the molecule is CCc1ccc(S(=O)(=O)NCCN(C2CCCCC2)S(C)(=O)=O)s1. The number of rotatable bonds is 8. The van der Waals surface area contributed by atoms with Crippen LogP contribution in [0.25, 0.3) is 0 Å². The van der Waals surface area contributed by atoms with Crippen LogP contribution >= 0.6 is 11.3 Å². The van der Waals surface area contributed by atoms with Crippen molar-refractivity contribution in [2.45, 2.75) is 55.7 Å². The Bertz CT molecular complexity index is 735. The first-order valence-corrected chi connectivity index (χ1v) is 12.4. The molecule has 6 nitrogen and oxygen atoms in total. The van der Waals surface area contributed by atoms with E-state index < -0.39 is 20.0 Å². The predicted molar refractivity (Wildman–Crippen MR) is 97.3 cm³/mol. The van der Waals surface area contributed by atoms with Crippen molar-refractivity contribution < 1.29 is 16.8 Å². The molecule has 1 aliphatic rings. The van der Waals surface area contributed by atoms with Gasteiger partial charge in [0.1, 0.15) is 4.21 Å². The van der Waals surface area contributed by atoms with Crippen molar-refractivity contribution in [1.29, 1.82) is 0 Å². The lowest BCUT2D eigenvalue weighted by atomic mass is 9.95. The summed E-state index contributed by atoms with van der Waals surface area (Å²) in [4.78, 5) is 1.01. The summed E-state index contributed by atoms with van der Waals surface area (Å²) < 4.78 is 53.0. The van der Waals surface area contributed by atoms with Gasteiger partial charge in [-0.15, -0.1) is 11.3 Å². The van der Waals surface area contributed by atoms with Crippen molar-refractivity contribution in [3.8, 4) is 0 Å². The van der Waals surface area contributed by atoms with E-state index in [0.717, 1.165) is 43.4 Å². The Morgan fingerprint density at radius 2 is 1.83 bits per heavy atom. The molecule has 1 heterocycles. The van der Waals surface area contributed by atoms with E-state index in [2.05, 4.69) is 4.72 Å². The number of sulfonamides is 2. The van der Waals surface area contributed by atoms with Gasteiger partial charge in [-0.25, -0.2) is 21.6 Å². The third kappa shape index (κ3) is 5.26. The van der Waals surface area contributed by atoms with Gasteiger partial charge < -0.3 is 0 Å². The van der Waals surface area contributed by atoms with E-state index in [4.69, 9.17) is 0 Å². The number of nitrogens with zero attached hydrogens (tertiary/aromatic N) is 1. The summed E-state index contributed by atoms with van der Waals surface area (Å²) in [5, 5.41) is 0. The smallest absolute Gasteiger partial charge is 0.212 e. The van der Waals surface area contributed by atoms with Gasteiger partial charge in [0, 0.05) is 24.0 Å². The molecular formula is C15H26N2O4S3. The average molecular weight is 395 g/mol. The standard InChI is InChI=1S/C15H26N2O4S3/c1-3-14-9-10-15(22-14)24(20,21)16-11-12-17(23(2,18)19)13-7-5-4-6-8-13/h9-10,13,16H,3-8,11-12H2,1-2H3. The second-order valence-corrected chi connectivity index (χ2v) is 11.2. The molecule has 0 saturated heterocycles. The van der Waals surface area contributed by atoms with Gasteiger partial charge in [-0.1, -0.05) is 26.2 Å². The van der Waals surface area contributed by atoms with Gasteiger partial charge in [-0.3, -0.25) is 0 Å². The molecule has 1 aromatic rings. The Kier molecular flexibility index (Phi) is 6.83. The number of nitrogens with one attached hydrogen (secondary N) is 1. The molecule has 0 aromatic carbocycles.